The standard InChI is InChI=1S/C22H42O2.C12H24O2/c1-2-3-4-5-6-7-8-9-10-11-12-13-14-15-16-17-18-19-20-21-22(23)24;1-2-3-4-5-6-7-8-9-10-11-12(13)14/h9-10H,2-8,11-21H2,1H3,(H,23,24);2-11H2,1H3,(H,13,14). The molecule has 0 saturated heterocycles. The van der Waals surface area contributed by atoms with E-state index in [0.717, 1.165) is 25.7 Å². The van der Waals surface area contributed by atoms with Crippen molar-refractivity contribution in [2.75, 3.05) is 0 Å². The van der Waals surface area contributed by atoms with Crippen molar-refractivity contribution in [2.24, 2.45) is 0 Å². The van der Waals surface area contributed by atoms with Gasteiger partial charge in [-0.2, -0.15) is 0 Å². The molecule has 0 aromatic rings. The van der Waals surface area contributed by atoms with E-state index >= 15 is 0 Å². The molecule has 0 rings (SSSR count). The van der Waals surface area contributed by atoms with Crippen LogP contribution in [0.15, 0.2) is 12.2 Å². The van der Waals surface area contributed by atoms with Gasteiger partial charge in [-0.25, -0.2) is 0 Å². The fourth-order valence-electron chi connectivity index (χ4n) is 4.64. The van der Waals surface area contributed by atoms with E-state index in [1.54, 1.807) is 0 Å². The van der Waals surface area contributed by atoms with Crippen molar-refractivity contribution in [1.82, 2.24) is 0 Å². The van der Waals surface area contributed by atoms with Gasteiger partial charge in [0.25, 0.3) is 0 Å². The lowest BCUT2D eigenvalue weighted by Crippen LogP contribution is -1.93. The number of aliphatic carboxylic acids is 2. The molecule has 4 nitrogen and oxygen atoms in total. The second-order valence-corrected chi connectivity index (χ2v) is 11.1. The van der Waals surface area contributed by atoms with Gasteiger partial charge in [-0.15, -0.1) is 0 Å². The molecule has 0 bridgehead atoms. The van der Waals surface area contributed by atoms with Crippen molar-refractivity contribution < 1.29 is 19.8 Å². The molecule has 0 aromatic carbocycles. The lowest BCUT2D eigenvalue weighted by atomic mass is 10.1. The summed E-state index contributed by atoms with van der Waals surface area (Å²) < 4.78 is 0. The monoisotopic (exact) mass is 538 g/mol. The maximum absolute atomic E-state index is 10.4. The minimum absolute atomic E-state index is 0.340. The van der Waals surface area contributed by atoms with Crippen molar-refractivity contribution >= 4 is 11.9 Å². The molecule has 0 aliphatic heterocycles. The Kier molecular flexibility index (Phi) is 36.5. The molecule has 226 valence electrons. The first kappa shape index (κ1) is 38.8. The van der Waals surface area contributed by atoms with Crippen LogP contribution in [0.25, 0.3) is 0 Å². The van der Waals surface area contributed by atoms with Crippen molar-refractivity contribution in [2.45, 2.75) is 194 Å². The number of hydrogen-bond acceptors (Lipinski definition) is 2. The van der Waals surface area contributed by atoms with Gasteiger partial charge in [-0.05, 0) is 38.5 Å². The topological polar surface area (TPSA) is 74.6 Å². The smallest absolute Gasteiger partial charge is 0.303 e. The van der Waals surface area contributed by atoms with E-state index in [-0.39, 0.29) is 0 Å². The lowest BCUT2D eigenvalue weighted by Gasteiger charge is -2.01. The fraction of sp³-hybridized carbons (Fsp3) is 0.882. The van der Waals surface area contributed by atoms with Crippen LogP contribution in [0.5, 0.6) is 0 Å². The summed E-state index contributed by atoms with van der Waals surface area (Å²) >= 11 is 0. The van der Waals surface area contributed by atoms with Crippen LogP contribution in [0.3, 0.4) is 0 Å². The van der Waals surface area contributed by atoms with Gasteiger partial charge in [0.15, 0.2) is 0 Å². The van der Waals surface area contributed by atoms with E-state index in [0.29, 0.717) is 12.8 Å². The highest BCUT2D eigenvalue weighted by molar-refractivity contribution is 5.66. The van der Waals surface area contributed by atoms with E-state index in [1.165, 1.54) is 141 Å². The summed E-state index contributed by atoms with van der Waals surface area (Å²) in [5.74, 6) is -1.32. The Morgan fingerprint density at radius 3 is 0.895 bits per heavy atom. The summed E-state index contributed by atoms with van der Waals surface area (Å²) in [6, 6.07) is 0. The van der Waals surface area contributed by atoms with Crippen LogP contribution in [0.2, 0.25) is 0 Å². The van der Waals surface area contributed by atoms with Crippen molar-refractivity contribution in [3.63, 3.8) is 0 Å². The predicted octanol–water partition coefficient (Wildman–Crippen LogP) is 11.7. The SMILES string of the molecule is CCCCCCCCC=CCCCCCCCCCCCC(=O)O.CCCCCCCCCCCC(=O)O. The first-order valence-electron chi connectivity index (χ1n) is 16.6. The molecule has 0 unspecified atom stereocenters. The maximum atomic E-state index is 10.4. The van der Waals surface area contributed by atoms with Crippen molar-refractivity contribution in [3.05, 3.63) is 12.2 Å². The van der Waals surface area contributed by atoms with E-state index in [4.69, 9.17) is 10.2 Å². The number of carbonyl (C=O) groups is 2. The minimum atomic E-state index is -0.659. The van der Waals surface area contributed by atoms with Gasteiger partial charge in [0.1, 0.15) is 0 Å². The number of unbranched alkanes of at least 4 members (excludes halogenated alkanes) is 23. The molecule has 0 aliphatic carbocycles. The third-order valence-corrected chi connectivity index (χ3v) is 7.15. The van der Waals surface area contributed by atoms with Gasteiger partial charge < -0.3 is 10.2 Å². The normalized spacial score (nSPS) is 11.0. The zero-order valence-electron chi connectivity index (χ0n) is 25.7. The number of rotatable bonds is 29. The minimum Gasteiger partial charge on any atom is -0.481 e. The second-order valence-electron chi connectivity index (χ2n) is 11.1. The highest BCUT2D eigenvalue weighted by atomic mass is 16.4. The largest absolute Gasteiger partial charge is 0.481 e. The number of carboxylic acid groups (broad SMARTS) is 2. The molecule has 0 spiro atoms. The Morgan fingerprint density at radius 1 is 0.395 bits per heavy atom. The summed E-state index contributed by atoms with van der Waals surface area (Å²) in [5, 5.41) is 17.0. The Balaban J connectivity index is 0. The summed E-state index contributed by atoms with van der Waals surface area (Å²) in [5.41, 5.74) is 0. The first-order chi connectivity index (χ1) is 18.5. The summed E-state index contributed by atoms with van der Waals surface area (Å²) in [4.78, 5) is 20.6. The highest BCUT2D eigenvalue weighted by Crippen LogP contribution is 2.13. The van der Waals surface area contributed by atoms with Gasteiger partial charge in [0.05, 0.1) is 0 Å². The summed E-state index contributed by atoms with van der Waals surface area (Å²) in [6.07, 6.45) is 38.6. The highest BCUT2D eigenvalue weighted by Gasteiger charge is 1.97. The zero-order valence-corrected chi connectivity index (χ0v) is 25.7. The third kappa shape index (κ3) is 41.8. The molecule has 0 heterocycles. The summed E-state index contributed by atoms with van der Waals surface area (Å²) in [7, 11) is 0. The Hall–Kier alpha value is -1.32. The maximum Gasteiger partial charge on any atom is 0.303 e. The van der Waals surface area contributed by atoms with Gasteiger partial charge in [-0.1, -0.05) is 154 Å². The number of allylic oxidation sites excluding steroid dienone is 2. The van der Waals surface area contributed by atoms with Crippen molar-refractivity contribution in [3.8, 4) is 0 Å². The second kappa shape index (κ2) is 35.7. The molecule has 4 heteroatoms. The average Bonchev–Trinajstić information content (AvgIpc) is 2.89. The van der Waals surface area contributed by atoms with Gasteiger partial charge in [-0.3, -0.25) is 9.59 Å². The van der Waals surface area contributed by atoms with Gasteiger partial charge in [0, 0.05) is 12.8 Å². The third-order valence-electron chi connectivity index (χ3n) is 7.15. The van der Waals surface area contributed by atoms with Crippen LogP contribution < -0.4 is 0 Å². The molecule has 0 amide bonds. The molecule has 0 aliphatic rings. The first-order valence-corrected chi connectivity index (χ1v) is 16.6. The quantitative estimate of drug-likeness (QED) is 0.0733. The van der Waals surface area contributed by atoms with Gasteiger partial charge in [0.2, 0.25) is 0 Å². The van der Waals surface area contributed by atoms with Crippen LogP contribution in [0, 0.1) is 0 Å². The fourth-order valence-corrected chi connectivity index (χ4v) is 4.64. The van der Waals surface area contributed by atoms with Crippen LogP contribution in [-0.2, 0) is 9.59 Å². The lowest BCUT2D eigenvalue weighted by molar-refractivity contribution is -0.138. The van der Waals surface area contributed by atoms with E-state index in [9.17, 15) is 9.59 Å². The zero-order chi connectivity index (χ0) is 28.4. The molecule has 0 fully saturated rings. The molecule has 0 radical (unpaired) electrons. The Morgan fingerprint density at radius 2 is 0.632 bits per heavy atom. The Labute approximate surface area is 237 Å². The number of hydrogen-bond donors (Lipinski definition) is 2. The molecule has 0 saturated carbocycles. The molecule has 38 heavy (non-hydrogen) atoms. The van der Waals surface area contributed by atoms with Crippen LogP contribution in [0.1, 0.15) is 194 Å². The summed E-state index contributed by atoms with van der Waals surface area (Å²) in [6.45, 7) is 4.50. The van der Waals surface area contributed by atoms with Crippen LogP contribution in [-0.4, -0.2) is 22.2 Å². The molecular weight excluding hydrogens is 472 g/mol. The molecule has 0 atom stereocenters. The van der Waals surface area contributed by atoms with Crippen molar-refractivity contribution in [1.29, 1.82) is 0 Å². The molecule has 2 N–H and O–H groups in total. The number of carboxylic acids is 2. The van der Waals surface area contributed by atoms with Crippen LogP contribution in [0.4, 0.5) is 0 Å². The average molecular weight is 539 g/mol. The Bertz CT molecular complexity index is 501. The molecule has 0 aromatic heterocycles. The predicted molar refractivity (Wildman–Crippen MR) is 165 cm³/mol. The van der Waals surface area contributed by atoms with E-state index in [2.05, 4.69) is 26.0 Å². The van der Waals surface area contributed by atoms with Crippen LogP contribution >= 0.6 is 0 Å². The van der Waals surface area contributed by atoms with E-state index in [1.807, 2.05) is 0 Å². The molecular formula is C34H66O4. The van der Waals surface area contributed by atoms with E-state index < -0.39 is 11.9 Å². The van der Waals surface area contributed by atoms with Gasteiger partial charge >= 0.3 is 11.9 Å².